The number of nitrogens with zero attached hydrogens (tertiary/aromatic N) is 2. The van der Waals surface area contributed by atoms with Gasteiger partial charge < -0.3 is 14.6 Å². The Labute approximate surface area is 143 Å². The van der Waals surface area contributed by atoms with Crippen molar-refractivity contribution in [1.29, 1.82) is 0 Å². The molecular weight excluding hydrogens is 333 g/mol. The molecule has 1 atom stereocenters. The summed E-state index contributed by atoms with van der Waals surface area (Å²) < 4.78 is 21.2. The van der Waals surface area contributed by atoms with Gasteiger partial charge in [-0.05, 0) is 31.1 Å². The van der Waals surface area contributed by atoms with Gasteiger partial charge in [0.1, 0.15) is 5.82 Å². The second-order valence-corrected chi connectivity index (χ2v) is 6.60. The van der Waals surface area contributed by atoms with Crippen LogP contribution in [0.4, 0.5) is 4.39 Å². The van der Waals surface area contributed by atoms with Crippen molar-refractivity contribution in [2.75, 3.05) is 13.2 Å². The molecule has 122 valence electrons. The molecule has 23 heavy (non-hydrogen) atoms. The van der Waals surface area contributed by atoms with E-state index in [4.69, 9.17) is 17.0 Å². The van der Waals surface area contributed by atoms with Crippen LogP contribution >= 0.6 is 23.6 Å². The average Bonchev–Trinajstić information content (AvgIpc) is 3.20. The second-order valence-electron chi connectivity index (χ2n) is 5.34. The number of hydrogen-bond acceptors (Lipinski definition) is 3. The van der Waals surface area contributed by atoms with E-state index in [0.29, 0.717) is 23.8 Å². The van der Waals surface area contributed by atoms with E-state index in [1.165, 1.54) is 17.4 Å². The van der Waals surface area contributed by atoms with E-state index in [1.54, 1.807) is 12.1 Å². The minimum Gasteiger partial charge on any atom is -0.376 e. The minimum absolute atomic E-state index is 0.212. The molecule has 0 spiro atoms. The number of thiazole rings is 1. The summed E-state index contributed by atoms with van der Waals surface area (Å²) in [5, 5.41) is 5.48. The average molecular weight is 351 g/mol. The number of ether oxygens (including phenoxy) is 1. The molecular formula is C16H18FN3OS2. The van der Waals surface area contributed by atoms with Crippen LogP contribution in [-0.4, -0.2) is 28.9 Å². The summed E-state index contributed by atoms with van der Waals surface area (Å²) >= 11 is 6.75. The highest BCUT2D eigenvalue weighted by Gasteiger charge is 2.15. The summed E-state index contributed by atoms with van der Waals surface area (Å²) in [4.78, 5) is 5.18. The van der Waals surface area contributed by atoms with Crippen LogP contribution in [0.3, 0.4) is 0 Å². The maximum Gasteiger partial charge on any atom is 0.195 e. The van der Waals surface area contributed by atoms with E-state index in [0.717, 1.165) is 24.2 Å². The first-order valence-electron chi connectivity index (χ1n) is 7.54. The molecule has 1 N–H and O–H groups in total. The Morgan fingerprint density at radius 1 is 1.48 bits per heavy atom. The maximum absolute atomic E-state index is 13.8. The van der Waals surface area contributed by atoms with Crippen LogP contribution in [0, 0.1) is 5.82 Å². The van der Waals surface area contributed by atoms with E-state index in [-0.39, 0.29) is 11.9 Å². The zero-order chi connectivity index (χ0) is 16.1. The molecule has 0 bridgehead atoms. The fourth-order valence-electron chi connectivity index (χ4n) is 2.45. The molecule has 3 rings (SSSR count). The molecule has 2 aromatic rings. The van der Waals surface area contributed by atoms with E-state index < -0.39 is 0 Å². The predicted octanol–water partition coefficient (Wildman–Crippen LogP) is 2.69. The van der Waals surface area contributed by atoms with Gasteiger partial charge in [0.15, 0.2) is 9.91 Å². The van der Waals surface area contributed by atoms with Gasteiger partial charge in [-0.1, -0.05) is 18.2 Å². The number of rotatable bonds is 4. The van der Waals surface area contributed by atoms with Gasteiger partial charge in [0.05, 0.1) is 12.6 Å². The van der Waals surface area contributed by atoms with Gasteiger partial charge in [-0.15, -0.1) is 11.3 Å². The molecule has 2 heterocycles. The smallest absolute Gasteiger partial charge is 0.195 e. The Morgan fingerprint density at radius 3 is 3.13 bits per heavy atom. The lowest BCUT2D eigenvalue weighted by molar-refractivity contribution is 0.114. The molecule has 0 amide bonds. The largest absolute Gasteiger partial charge is 0.376 e. The topological polar surface area (TPSA) is 38.5 Å². The third-order valence-electron chi connectivity index (χ3n) is 3.66. The van der Waals surface area contributed by atoms with E-state index >= 15 is 0 Å². The fourth-order valence-corrected chi connectivity index (χ4v) is 3.41. The Balaban J connectivity index is 1.67. The van der Waals surface area contributed by atoms with Crippen LogP contribution in [-0.2, 0) is 11.3 Å². The number of halogens is 1. The first-order chi connectivity index (χ1) is 11.2. The molecule has 0 saturated carbocycles. The highest BCUT2D eigenvalue weighted by molar-refractivity contribution is 7.80. The Hall–Kier alpha value is -1.57. The maximum atomic E-state index is 13.8. The van der Waals surface area contributed by atoms with Crippen molar-refractivity contribution in [3.63, 3.8) is 0 Å². The molecule has 1 aliphatic heterocycles. The molecule has 4 nitrogen and oxygen atoms in total. The summed E-state index contributed by atoms with van der Waals surface area (Å²) in [7, 11) is 0. The predicted molar refractivity (Wildman–Crippen MR) is 92.9 cm³/mol. The van der Waals surface area contributed by atoms with Gasteiger partial charge in [0.25, 0.3) is 0 Å². The zero-order valence-corrected chi connectivity index (χ0v) is 14.2. The quantitative estimate of drug-likeness (QED) is 0.861. The third-order valence-corrected chi connectivity index (χ3v) is 4.69. The van der Waals surface area contributed by atoms with Gasteiger partial charge in [-0.25, -0.2) is 4.39 Å². The van der Waals surface area contributed by atoms with Crippen LogP contribution < -0.4 is 10.1 Å². The van der Waals surface area contributed by atoms with Gasteiger partial charge in [-0.2, -0.15) is 4.99 Å². The molecule has 1 aliphatic rings. The molecule has 0 unspecified atom stereocenters. The lowest BCUT2D eigenvalue weighted by atomic mass is 10.2. The summed E-state index contributed by atoms with van der Waals surface area (Å²) in [6, 6.07) is 6.76. The van der Waals surface area contributed by atoms with Gasteiger partial charge in [0, 0.05) is 30.3 Å². The summed E-state index contributed by atoms with van der Waals surface area (Å²) in [5.41, 5.74) is 0.630. The highest BCUT2D eigenvalue weighted by atomic mass is 32.1. The van der Waals surface area contributed by atoms with Gasteiger partial charge >= 0.3 is 0 Å². The van der Waals surface area contributed by atoms with Crippen LogP contribution in [0.5, 0.6) is 0 Å². The van der Waals surface area contributed by atoms with Gasteiger partial charge in [-0.3, -0.25) is 0 Å². The molecule has 1 fully saturated rings. The SMILES string of the molecule is Fc1ccccc1Cn1ccsc1=NC(=S)NC[C@H]1CCCO1. The van der Waals surface area contributed by atoms with Crippen LogP contribution in [0.25, 0.3) is 0 Å². The Bertz CT molecular complexity index is 735. The van der Waals surface area contributed by atoms with E-state index in [9.17, 15) is 4.39 Å². The number of benzene rings is 1. The molecule has 1 aromatic heterocycles. The summed E-state index contributed by atoms with van der Waals surface area (Å²) in [6.07, 6.45) is 4.27. The van der Waals surface area contributed by atoms with Crippen molar-refractivity contribution < 1.29 is 9.13 Å². The van der Waals surface area contributed by atoms with Crippen molar-refractivity contribution in [2.45, 2.75) is 25.5 Å². The van der Waals surface area contributed by atoms with Crippen molar-refractivity contribution in [3.8, 4) is 0 Å². The number of hydrogen-bond donors (Lipinski definition) is 1. The number of nitrogens with one attached hydrogen (secondary N) is 1. The fraction of sp³-hybridized carbons (Fsp3) is 0.375. The molecule has 0 radical (unpaired) electrons. The van der Waals surface area contributed by atoms with Crippen molar-refractivity contribution in [1.82, 2.24) is 9.88 Å². The first-order valence-corrected chi connectivity index (χ1v) is 8.82. The van der Waals surface area contributed by atoms with Crippen molar-refractivity contribution in [2.24, 2.45) is 4.99 Å². The Morgan fingerprint density at radius 2 is 2.35 bits per heavy atom. The van der Waals surface area contributed by atoms with Crippen LogP contribution in [0.1, 0.15) is 18.4 Å². The first kappa shape index (κ1) is 16.3. The lowest BCUT2D eigenvalue weighted by Crippen LogP contribution is -2.31. The Kier molecular flexibility index (Phi) is 5.53. The lowest BCUT2D eigenvalue weighted by Gasteiger charge is -2.10. The third kappa shape index (κ3) is 4.46. The standard InChI is InChI=1S/C16H18FN3OS2/c17-14-6-2-1-4-12(14)11-20-7-9-23-16(20)19-15(22)18-10-13-5-3-8-21-13/h1-2,4,6-7,9,13H,3,5,8,10-11H2,(H,18,22)/t13-/m1/s1. The number of thiocarbonyl (C=S) groups is 1. The summed E-state index contributed by atoms with van der Waals surface area (Å²) in [6.45, 7) is 1.94. The van der Waals surface area contributed by atoms with Gasteiger partial charge in [0.2, 0.25) is 0 Å². The van der Waals surface area contributed by atoms with Crippen molar-refractivity contribution >= 4 is 28.7 Å². The van der Waals surface area contributed by atoms with Crippen molar-refractivity contribution in [3.05, 3.63) is 52.0 Å². The minimum atomic E-state index is -0.212. The van der Waals surface area contributed by atoms with E-state index in [2.05, 4.69) is 10.3 Å². The summed E-state index contributed by atoms with van der Waals surface area (Å²) in [5.74, 6) is -0.212. The van der Waals surface area contributed by atoms with Crippen LogP contribution in [0.15, 0.2) is 40.8 Å². The molecule has 7 heteroatoms. The monoisotopic (exact) mass is 351 g/mol. The number of aromatic nitrogens is 1. The molecule has 1 saturated heterocycles. The molecule has 1 aromatic carbocycles. The second kappa shape index (κ2) is 7.81. The highest BCUT2D eigenvalue weighted by Crippen LogP contribution is 2.10. The normalized spacial score (nSPS) is 18.3. The molecule has 0 aliphatic carbocycles. The van der Waals surface area contributed by atoms with Crippen LogP contribution in [0.2, 0.25) is 0 Å². The zero-order valence-electron chi connectivity index (χ0n) is 12.6. The van der Waals surface area contributed by atoms with E-state index in [1.807, 2.05) is 22.2 Å².